The molecule has 3 heterocycles. The van der Waals surface area contributed by atoms with Gasteiger partial charge in [0.15, 0.2) is 0 Å². The van der Waals surface area contributed by atoms with E-state index in [4.69, 9.17) is 9.47 Å². The molecule has 1 saturated heterocycles. The number of pyridine rings is 1. The van der Waals surface area contributed by atoms with Gasteiger partial charge in [-0.1, -0.05) is 0 Å². The number of nitrogens with one attached hydrogen (secondary N) is 2. The lowest BCUT2D eigenvalue weighted by Gasteiger charge is -2.12. The molecule has 0 aliphatic carbocycles. The van der Waals surface area contributed by atoms with Crippen molar-refractivity contribution in [1.29, 1.82) is 0 Å². The average Bonchev–Trinajstić information content (AvgIpc) is 3.26. The van der Waals surface area contributed by atoms with Crippen LogP contribution in [0.15, 0.2) is 53.6 Å². The highest BCUT2D eigenvalue weighted by Crippen LogP contribution is 2.20. The molecular weight excluding hydrogens is 446 g/mol. The summed E-state index contributed by atoms with van der Waals surface area (Å²) in [6.45, 7) is 4.58. The van der Waals surface area contributed by atoms with Crippen molar-refractivity contribution in [2.45, 2.75) is 31.3 Å². The normalized spacial score (nSPS) is 15.8. The standard InChI is InChI=1S/C22H23N5O5S/c1-14-11-20(25-15(2)24-14)27-33(29,30)19-5-3-17(4-6-19)26-22(28)16-7-9-23-21(12-16)32-18-8-10-31-13-18/h3-7,9,11-12,18H,8,10,13H2,1-2H3,(H,26,28)(H,24,25,27). The maximum atomic E-state index is 12.7. The molecule has 172 valence electrons. The topological polar surface area (TPSA) is 132 Å². The van der Waals surface area contributed by atoms with Crippen molar-refractivity contribution >= 4 is 27.4 Å². The predicted octanol–water partition coefficient (Wildman–Crippen LogP) is 2.71. The van der Waals surface area contributed by atoms with E-state index in [1.807, 2.05) is 0 Å². The first-order chi connectivity index (χ1) is 15.8. The Bertz CT molecular complexity index is 1240. The average molecular weight is 470 g/mol. The number of ether oxygens (including phenoxy) is 2. The van der Waals surface area contributed by atoms with Crippen LogP contribution >= 0.6 is 0 Å². The number of benzene rings is 1. The second-order valence-electron chi connectivity index (χ2n) is 7.51. The molecular formula is C22H23N5O5S. The zero-order valence-electron chi connectivity index (χ0n) is 18.1. The SMILES string of the molecule is Cc1cc(NS(=O)(=O)c2ccc(NC(=O)c3ccnc(OC4CCOC4)c3)cc2)nc(C)n1. The lowest BCUT2D eigenvalue weighted by molar-refractivity contribution is 0.102. The van der Waals surface area contributed by atoms with E-state index in [9.17, 15) is 13.2 Å². The summed E-state index contributed by atoms with van der Waals surface area (Å²) in [7, 11) is -3.85. The molecule has 10 nitrogen and oxygen atoms in total. The summed E-state index contributed by atoms with van der Waals surface area (Å²) in [5, 5.41) is 2.74. The third kappa shape index (κ3) is 5.82. The fraction of sp³-hybridized carbons (Fsp3) is 0.273. The third-order valence-electron chi connectivity index (χ3n) is 4.80. The lowest BCUT2D eigenvalue weighted by atomic mass is 10.2. The minimum atomic E-state index is -3.85. The van der Waals surface area contributed by atoms with Gasteiger partial charge in [0.25, 0.3) is 15.9 Å². The summed E-state index contributed by atoms with van der Waals surface area (Å²) in [6.07, 6.45) is 2.20. The van der Waals surface area contributed by atoms with Crippen molar-refractivity contribution < 1.29 is 22.7 Å². The molecule has 0 bridgehead atoms. The first-order valence-corrected chi connectivity index (χ1v) is 11.7. The fourth-order valence-electron chi connectivity index (χ4n) is 3.28. The van der Waals surface area contributed by atoms with Crippen LogP contribution in [0.2, 0.25) is 0 Å². The Morgan fingerprint density at radius 3 is 2.61 bits per heavy atom. The van der Waals surface area contributed by atoms with E-state index in [0.29, 0.717) is 41.9 Å². The highest BCUT2D eigenvalue weighted by Gasteiger charge is 2.19. The van der Waals surface area contributed by atoms with Crippen molar-refractivity contribution in [1.82, 2.24) is 15.0 Å². The Kier molecular flexibility index (Phi) is 6.52. The number of rotatable bonds is 7. The number of hydrogen-bond acceptors (Lipinski definition) is 8. The van der Waals surface area contributed by atoms with E-state index in [0.717, 1.165) is 6.42 Å². The van der Waals surface area contributed by atoms with Crippen LogP contribution in [0.3, 0.4) is 0 Å². The minimum absolute atomic E-state index is 0.0350. The summed E-state index contributed by atoms with van der Waals surface area (Å²) >= 11 is 0. The zero-order valence-corrected chi connectivity index (χ0v) is 18.9. The Labute approximate surface area is 191 Å². The first kappa shape index (κ1) is 22.6. The van der Waals surface area contributed by atoms with Gasteiger partial charge in [-0.3, -0.25) is 9.52 Å². The van der Waals surface area contributed by atoms with Gasteiger partial charge < -0.3 is 14.8 Å². The molecule has 1 amide bonds. The second-order valence-corrected chi connectivity index (χ2v) is 9.19. The monoisotopic (exact) mass is 469 g/mol. The molecule has 1 atom stereocenters. The van der Waals surface area contributed by atoms with Gasteiger partial charge >= 0.3 is 0 Å². The molecule has 2 aromatic heterocycles. The zero-order chi connectivity index (χ0) is 23.4. The van der Waals surface area contributed by atoms with E-state index >= 15 is 0 Å². The summed E-state index contributed by atoms with van der Waals surface area (Å²) < 4.78 is 38.8. The van der Waals surface area contributed by atoms with Crippen LogP contribution in [0.4, 0.5) is 11.5 Å². The molecule has 33 heavy (non-hydrogen) atoms. The maximum Gasteiger partial charge on any atom is 0.263 e. The Balaban J connectivity index is 1.42. The van der Waals surface area contributed by atoms with Crippen LogP contribution in [-0.4, -0.2) is 48.6 Å². The van der Waals surface area contributed by atoms with Crippen LogP contribution in [0.5, 0.6) is 5.88 Å². The molecule has 0 spiro atoms. The molecule has 1 aromatic carbocycles. The number of anilines is 2. The van der Waals surface area contributed by atoms with Crippen LogP contribution in [0, 0.1) is 13.8 Å². The molecule has 0 radical (unpaired) electrons. The second kappa shape index (κ2) is 9.51. The van der Waals surface area contributed by atoms with Crippen molar-refractivity contribution in [2.24, 2.45) is 0 Å². The van der Waals surface area contributed by atoms with Gasteiger partial charge in [-0.2, -0.15) is 0 Å². The maximum absolute atomic E-state index is 12.7. The van der Waals surface area contributed by atoms with Gasteiger partial charge in [-0.05, 0) is 44.2 Å². The highest BCUT2D eigenvalue weighted by molar-refractivity contribution is 7.92. The lowest BCUT2D eigenvalue weighted by Crippen LogP contribution is -2.17. The number of carbonyl (C=O) groups excluding carboxylic acids is 1. The number of amides is 1. The number of carbonyl (C=O) groups is 1. The van der Waals surface area contributed by atoms with Crippen molar-refractivity contribution in [3.63, 3.8) is 0 Å². The third-order valence-corrected chi connectivity index (χ3v) is 6.17. The van der Waals surface area contributed by atoms with Crippen molar-refractivity contribution in [3.8, 4) is 5.88 Å². The Morgan fingerprint density at radius 2 is 1.91 bits per heavy atom. The predicted molar refractivity (Wildman–Crippen MR) is 121 cm³/mol. The van der Waals surface area contributed by atoms with E-state index in [2.05, 4.69) is 25.0 Å². The van der Waals surface area contributed by atoms with E-state index < -0.39 is 10.0 Å². The van der Waals surface area contributed by atoms with Gasteiger partial charge in [0.2, 0.25) is 5.88 Å². The number of sulfonamides is 1. The number of aromatic nitrogens is 3. The van der Waals surface area contributed by atoms with Crippen LogP contribution in [0.1, 0.15) is 28.3 Å². The fourth-order valence-corrected chi connectivity index (χ4v) is 4.27. The smallest absolute Gasteiger partial charge is 0.263 e. The molecule has 1 aliphatic heterocycles. The van der Waals surface area contributed by atoms with Gasteiger partial charge in [0.05, 0.1) is 18.1 Å². The van der Waals surface area contributed by atoms with Crippen LogP contribution in [0.25, 0.3) is 0 Å². The van der Waals surface area contributed by atoms with Crippen LogP contribution < -0.4 is 14.8 Å². The quantitative estimate of drug-likeness (QED) is 0.540. The molecule has 0 saturated carbocycles. The Morgan fingerprint density at radius 1 is 1.12 bits per heavy atom. The van der Waals surface area contributed by atoms with Gasteiger partial charge in [0.1, 0.15) is 17.7 Å². The van der Waals surface area contributed by atoms with Crippen molar-refractivity contribution in [3.05, 3.63) is 65.7 Å². The molecule has 1 fully saturated rings. The molecule has 4 rings (SSSR count). The van der Waals surface area contributed by atoms with Crippen molar-refractivity contribution in [2.75, 3.05) is 23.3 Å². The summed E-state index contributed by atoms with van der Waals surface area (Å²) in [6, 6.07) is 10.5. The molecule has 11 heteroatoms. The molecule has 1 aliphatic rings. The number of nitrogens with zero attached hydrogens (tertiary/aromatic N) is 3. The van der Waals surface area contributed by atoms with Gasteiger partial charge in [0, 0.05) is 41.7 Å². The first-order valence-electron chi connectivity index (χ1n) is 10.3. The molecule has 3 aromatic rings. The highest BCUT2D eigenvalue weighted by atomic mass is 32.2. The summed E-state index contributed by atoms with van der Waals surface area (Å²) in [4.78, 5) is 25.0. The van der Waals surface area contributed by atoms with E-state index in [-0.39, 0.29) is 22.7 Å². The van der Waals surface area contributed by atoms with Gasteiger partial charge in [-0.25, -0.2) is 23.4 Å². The van der Waals surface area contributed by atoms with Crippen LogP contribution in [-0.2, 0) is 14.8 Å². The minimum Gasteiger partial charge on any atom is -0.472 e. The molecule has 1 unspecified atom stereocenters. The Hall–Kier alpha value is -3.57. The van der Waals surface area contributed by atoms with E-state index in [1.165, 1.54) is 30.5 Å². The van der Waals surface area contributed by atoms with E-state index in [1.54, 1.807) is 32.0 Å². The van der Waals surface area contributed by atoms with Gasteiger partial charge in [-0.15, -0.1) is 0 Å². The summed E-state index contributed by atoms with van der Waals surface area (Å²) in [5.74, 6) is 0.635. The largest absolute Gasteiger partial charge is 0.472 e. The number of aryl methyl sites for hydroxylation is 2. The molecule has 2 N–H and O–H groups in total. The number of hydrogen-bond donors (Lipinski definition) is 2. The summed E-state index contributed by atoms with van der Waals surface area (Å²) in [5.41, 5.74) is 1.46.